The number of rotatable bonds is 3. The van der Waals surface area contributed by atoms with Gasteiger partial charge in [0.2, 0.25) is 0 Å². The Morgan fingerprint density at radius 1 is 1.27 bits per heavy atom. The fourth-order valence-corrected chi connectivity index (χ4v) is 1.61. The maximum atomic E-state index is 11.5. The Kier molecular flexibility index (Phi) is 4.59. The third kappa shape index (κ3) is 3.90. The molecule has 1 saturated heterocycles. The van der Waals surface area contributed by atoms with Gasteiger partial charge in [-0.15, -0.1) is 0 Å². The zero-order valence-electron chi connectivity index (χ0n) is 9.58. The molecule has 1 aliphatic heterocycles. The normalized spacial score (nSPS) is 15.8. The van der Waals surface area contributed by atoms with Gasteiger partial charge in [0.1, 0.15) is 0 Å². The molecule has 0 aliphatic carbocycles. The number of carbonyl (C=O) groups excluding carboxylic acids is 2. The molecule has 1 heterocycles. The Labute approximate surface area is 91.0 Å². The van der Waals surface area contributed by atoms with Crippen LogP contribution in [0.4, 0.5) is 0 Å². The molecule has 2 amide bonds. The van der Waals surface area contributed by atoms with Crippen LogP contribution in [0.15, 0.2) is 0 Å². The molecule has 0 bridgehead atoms. The molecule has 0 aromatic carbocycles. The van der Waals surface area contributed by atoms with Crippen molar-refractivity contribution >= 4 is 11.8 Å². The second kappa shape index (κ2) is 5.73. The molecule has 86 valence electrons. The third-order valence-corrected chi connectivity index (χ3v) is 2.59. The number of hydrogen-bond acceptors (Lipinski definition) is 2. The van der Waals surface area contributed by atoms with Crippen LogP contribution in [-0.2, 0) is 9.59 Å². The van der Waals surface area contributed by atoms with Crippen LogP contribution < -0.4 is 5.32 Å². The molecule has 15 heavy (non-hydrogen) atoms. The molecular formula is C11H20N2O2. The molecular weight excluding hydrogens is 192 g/mol. The first-order chi connectivity index (χ1) is 7.11. The molecule has 1 N–H and O–H groups in total. The van der Waals surface area contributed by atoms with Crippen molar-refractivity contribution in [1.82, 2.24) is 10.2 Å². The molecule has 0 atom stereocenters. The van der Waals surface area contributed by atoms with E-state index >= 15 is 0 Å². The van der Waals surface area contributed by atoms with Crippen molar-refractivity contribution in [3.05, 3.63) is 0 Å². The van der Waals surface area contributed by atoms with E-state index in [-0.39, 0.29) is 5.91 Å². The molecule has 1 fully saturated rings. The van der Waals surface area contributed by atoms with Gasteiger partial charge in [-0.1, -0.05) is 13.8 Å². The SMILES string of the molecule is CC(C)CCNC(=O)C(=O)N1CCCC1. The van der Waals surface area contributed by atoms with Crippen molar-refractivity contribution in [3.63, 3.8) is 0 Å². The first-order valence-electron chi connectivity index (χ1n) is 5.68. The molecule has 4 nitrogen and oxygen atoms in total. The maximum absolute atomic E-state index is 11.5. The van der Waals surface area contributed by atoms with Crippen molar-refractivity contribution in [2.45, 2.75) is 33.1 Å². The van der Waals surface area contributed by atoms with Crippen molar-refractivity contribution in [1.29, 1.82) is 0 Å². The van der Waals surface area contributed by atoms with Gasteiger partial charge < -0.3 is 10.2 Å². The van der Waals surface area contributed by atoms with Crippen LogP contribution >= 0.6 is 0 Å². The predicted molar refractivity (Wildman–Crippen MR) is 58.3 cm³/mol. The van der Waals surface area contributed by atoms with Crippen LogP contribution in [-0.4, -0.2) is 36.3 Å². The van der Waals surface area contributed by atoms with Crippen LogP contribution in [0.2, 0.25) is 0 Å². The number of amides is 2. The quantitative estimate of drug-likeness (QED) is 0.702. The third-order valence-electron chi connectivity index (χ3n) is 2.59. The van der Waals surface area contributed by atoms with E-state index in [9.17, 15) is 9.59 Å². The summed E-state index contributed by atoms with van der Waals surface area (Å²) in [6, 6.07) is 0. The number of nitrogens with zero attached hydrogens (tertiary/aromatic N) is 1. The van der Waals surface area contributed by atoms with Gasteiger partial charge in [-0.3, -0.25) is 9.59 Å². The molecule has 0 unspecified atom stereocenters. The zero-order valence-corrected chi connectivity index (χ0v) is 9.58. The summed E-state index contributed by atoms with van der Waals surface area (Å²) in [6.45, 7) is 6.24. The van der Waals surface area contributed by atoms with Gasteiger partial charge in [0.15, 0.2) is 0 Å². The first kappa shape index (κ1) is 12.0. The second-order valence-corrected chi connectivity index (χ2v) is 4.44. The summed E-state index contributed by atoms with van der Waals surface area (Å²) >= 11 is 0. The highest BCUT2D eigenvalue weighted by Gasteiger charge is 2.23. The van der Waals surface area contributed by atoms with Gasteiger partial charge in [-0.05, 0) is 25.2 Å². The van der Waals surface area contributed by atoms with Crippen LogP contribution in [0.5, 0.6) is 0 Å². The van der Waals surface area contributed by atoms with E-state index in [1.807, 2.05) is 0 Å². The summed E-state index contributed by atoms with van der Waals surface area (Å²) in [5.74, 6) is -0.263. The Morgan fingerprint density at radius 2 is 1.87 bits per heavy atom. The summed E-state index contributed by atoms with van der Waals surface area (Å²) in [7, 11) is 0. The predicted octanol–water partition coefficient (Wildman–Crippen LogP) is 0.771. The molecule has 0 aromatic heterocycles. The van der Waals surface area contributed by atoms with Crippen LogP contribution in [0, 0.1) is 5.92 Å². The Hall–Kier alpha value is -1.06. The highest BCUT2D eigenvalue weighted by atomic mass is 16.2. The van der Waals surface area contributed by atoms with E-state index in [1.165, 1.54) is 0 Å². The lowest BCUT2D eigenvalue weighted by Gasteiger charge is -2.14. The van der Waals surface area contributed by atoms with Gasteiger partial charge >= 0.3 is 11.8 Å². The summed E-state index contributed by atoms with van der Waals surface area (Å²) in [5, 5.41) is 2.66. The highest BCUT2D eigenvalue weighted by molar-refractivity contribution is 6.35. The number of carbonyl (C=O) groups is 2. The topological polar surface area (TPSA) is 49.4 Å². The first-order valence-corrected chi connectivity index (χ1v) is 5.68. The van der Waals surface area contributed by atoms with Crippen molar-refractivity contribution in [2.75, 3.05) is 19.6 Å². The van der Waals surface area contributed by atoms with Gasteiger partial charge in [-0.25, -0.2) is 0 Å². The van der Waals surface area contributed by atoms with E-state index in [0.717, 1.165) is 32.4 Å². The van der Waals surface area contributed by atoms with Crippen molar-refractivity contribution in [3.8, 4) is 0 Å². The smallest absolute Gasteiger partial charge is 0.311 e. The molecule has 0 aromatic rings. The number of nitrogens with one attached hydrogen (secondary N) is 1. The van der Waals surface area contributed by atoms with E-state index in [0.29, 0.717) is 12.5 Å². The number of likely N-dealkylation sites (tertiary alicyclic amines) is 1. The minimum Gasteiger partial charge on any atom is -0.348 e. The molecule has 0 spiro atoms. The van der Waals surface area contributed by atoms with E-state index in [2.05, 4.69) is 19.2 Å². The standard InChI is InChI=1S/C11H20N2O2/c1-9(2)5-6-12-10(14)11(15)13-7-3-4-8-13/h9H,3-8H2,1-2H3,(H,12,14). The lowest BCUT2D eigenvalue weighted by atomic mass is 10.1. The van der Waals surface area contributed by atoms with Crippen LogP contribution in [0.1, 0.15) is 33.1 Å². The zero-order chi connectivity index (χ0) is 11.3. The number of hydrogen-bond donors (Lipinski definition) is 1. The molecule has 0 saturated carbocycles. The van der Waals surface area contributed by atoms with Crippen LogP contribution in [0.3, 0.4) is 0 Å². The fraction of sp³-hybridized carbons (Fsp3) is 0.818. The van der Waals surface area contributed by atoms with Gasteiger partial charge in [0.05, 0.1) is 0 Å². The maximum Gasteiger partial charge on any atom is 0.311 e. The van der Waals surface area contributed by atoms with E-state index in [4.69, 9.17) is 0 Å². The lowest BCUT2D eigenvalue weighted by molar-refractivity contribution is -0.145. The average molecular weight is 212 g/mol. The van der Waals surface area contributed by atoms with Crippen LogP contribution in [0.25, 0.3) is 0 Å². The fourth-order valence-electron chi connectivity index (χ4n) is 1.61. The molecule has 1 aliphatic rings. The molecule has 4 heteroatoms. The lowest BCUT2D eigenvalue weighted by Crippen LogP contribution is -2.42. The highest BCUT2D eigenvalue weighted by Crippen LogP contribution is 2.07. The summed E-state index contributed by atoms with van der Waals surface area (Å²) in [6.07, 6.45) is 2.95. The minimum absolute atomic E-state index is 0.365. The van der Waals surface area contributed by atoms with Gasteiger partial charge in [-0.2, -0.15) is 0 Å². The monoisotopic (exact) mass is 212 g/mol. The van der Waals surface area contributed by atoms with Crippen molar-refractivity contribution < 1.29 is 9.59 Å². The van der Waals surface area contributed by atoms with Crippen molar-refractivity contribution in [2.24, 2.45) is 5.92 Å². The Bertz CT molecular complexity index is 233. The second-order valence-electron chi connectivity index (χ2n) is 4.44. The molecule has 1 rings (SSSR count). The summed E-state index contributed by atoms with van der Waals surface area (Å²) in [4.78, 5) is 24.6. The van der Waals surface area contributed by atoms with E-state index in [1.54, 1.807) is 4.90 Å². The Morgan fingerprint density at radius 3 is 2.40 bits per heavy atom. The van der Waals surface area contributed by atoms with E-state index < -0.39 is 5.91 Å². The van der Waals surface area contributed by atoms with Gasteiger partial charge in [0.25, 0.3) is 0 Å². The molecule has 0 radical (unpaired) electrons. The minimum atomic E-state index is -0.447. The Balaban J connectivity index is 2.23. The average Bonchev–Trinajstić information content (AvgIpc) is 2.68. The van der Waals surface area contributed by atoms with Gasteiger partial charge in [0, 0.05) is 19.6 Å². The summed E-state index contributed by atoms with van der Waals surface area (Å²) < 4.78 is 0. The largest absolute Gasteiger partial charge is 0.348 e. The summed E-state index contributed by atoms with van der Waals surface area (Å²) in [5.41, 5.74) is 0.